The summed E-state index contributed by atoms with van der Waals surface area (Å²) in [5.41, 5.74) is 5.78. The van der Waals surface area contributed by atoms with Crippen molar-refractivity contribution < 1.29 is 14.3 Å². The van der Waals surface area contributed by atoms with Gasteiger partial charge in [-0.2, -0.15) is 0 Å². The SMILES string of the molecule is CCOC(=O)NC(=O)CN1CCCC(N)C1. The van der Waals surface area contributed by atoms with Crippen LogP contribution in [0.25, 0.3) is 0 Å². The van der Waals surface area contributed by atoms with Gasteiger partial charge in [0, 0.05) is 12.6 Å². The van der Waals surface area contributed by atoms with Crippen molar-refractivity contribution in [1.29, 1.82) is 0 Å². The first-order valence-corrected chi connectivity index (χ1v) is 5.56. The second kappa shape index (κ2) is 6.44. The highest BCUT2D eigenvalue weighted by molar-refractivity contribution is 5.92. The molecular weight excluding hydrogens is 210 g/mol. The van der Waals surface area contributed by atoms with Crippen LogP contribution in [-0.2, 0) is 9.53 Å². The Hall–Kier alpha value is -1.14. The molecule has 0 aromatic carbocycles. The number of hydrogen-bond acceptors (Lipinski definition) is 5. The number of hydrogen-bond donors (Lipinski definition) is 2. The molecule has 0 aromatic rings. The number of nitrogens with two attached hydrogens (primary N) is 1. The molecule has 0 radical (unpaired) electrons. The summed E-state index contributed by atoms with van der Waals surface area (Å²) in [4.78, 5) is 24.3. The lowest BCUT2D eigenvalue weighted by molar-refractivity contribution is -0.121. The first-order valence-electron chi connectivity index (χ1n) is 5.56. The molecule has 0 bridgehead atoms. The number of alkyl carbamates (subject to hydrolysis) is 1. The molecule has 1 saturated heterocycles. The molecule has 0 spiro atoms. The first-order chi connectivity index (χ1) is 7.61. The fourth-order valence-electron chi connectivity index (χ4n) is 1.76. The van der Waals surface area contributed by atoms with Crippen LogP contribution in [0.1, 0.15) is 19.8 Å². The largest absolute Gasteiger partial charge is 0.450 e. The number of amides is 2. The van der Waals surface area contributed by atoms with Gasteiger partial charge in [0.15, 0.2) is 0 Å². The maximum Gasteiger partial charge on any atom is 0.413 e. The van der Waals surface area contributed by atoms with Crippen molar-refractivity contribution in [3.8, 4) is 0 Å². The van der Waals surface area contributed by atoms with Gasteiger partial charge in [0.05, 0.1) is 13.2 Å². The van der Waals surface area contributed by atoms with E-state index in [4.69, 9.17) is 5.73 Å². The number of rotatable bonds is 3. The van der Waals surface area contributed by atoms with Crippen LogP contribution in [0.5, 0.6) is 0 Å². The van der Waals surface area contributed by atoms with E-state index in [1.165, 1.54) is 0 Å². The Bertz CT molecular complexity index is 258. The predicted octanol–water partition coefficient (Wildman–Crippen LogP) is -0.318. The molecule has 1 unspecified atom stereocenters. The molecule has 1 rings (SSSR count). The lowest BCUT2D eigenvalue weighted by Crippen LogP contribution is -2.47. The highest BCUT2D eigenvalue weighted by atomic mass is 16.5. The van der Waals surface area contributed by atoms with Crippen LogP contribution in [0.15, 0.2) is 0 Å². The zero-order valence-electron chi connectivity index (χ0n) is 9.57. The topological polar surface area (TPSA) is 84.7 Å². The van der Waals surface area contributed by atoms with Crippen LogP contribution in [0.3, 0.4) is 0 Å². The summed E-state index contributed by atoms with van der Waals surface area (Å²) in [5.74, 6) is -0.340. The average Bonchev–Trinajstić information content (AvgIpc) is 2.17. The number of nitrogens with one attached hydrogen (secondary N) is 1. The fraction of sp³-hybridized carbons (Fsp3) is 0.800. The van der Waals surface area contributed by atoms with E-state index < -0.39 is 6.09 Å². The highest BCUT2D eigenvalue weighted by Crippen LogP contribution is 2.07. The van der Waals surface area contributed by atoms with Gasteiger partial charge in [0.1, 0.15) is 0 Å². The van der Waals surface area contributed by atoms with Gasteiger partial charge in [-0.05, 0) is 26.3 Å². The van der Waals surface area contributed by atoms with E-state index in [1.807, 2.05) is 4.90 Å². The number of piperidine rings is 1. The number of nitrogens with zero attached hydrogens (tertiary/aromatic N) is 1. The molecule has 1 aliphatic heterocycles. The van der Waals surface area contributed by atoms with Crippen LogP contribution in [-0.4, -0.2) is 49.2 Å². The molecule has 92 valence electrons. The summed E-state index contributed by atoms with van der Waals surface area (Å²) in [6.45, 7) is 3.70. The van der Waals surface area contributed by atoms with Gasteiger partial charge in [0.2, 0.25) is 5.91 Å². The van der Waals surface area contributed by atoms with Crippen molar-refractivity contribution in [1.82, 2.24) is 10.2 Å². The van der Waals surface area contributed by atoms with E-state index >= 15 is 0 Å². The Morgan fingerprint density at radius 1 is 1.56 bits per heavy atom. The van der Waals surface area contributed by atoms with Crippen LogP contribution < -0.4 is 11.1 Å². The van der Waals surface area contributed by atoms with E-state index in [1.54, 1.807) is 6.92 Å². The van der Waals surface area contributed by atoms with Crippen molar-refractivity contribution >= 4 is 12.0 Å². The molecule has 1 aliphatic rings. The van der Waals surface area contributed by atoms with Crippen LogP contribution in [0.2, 0.25) is 0 Å². The fourth-order valence-corrected chi connectivity index (χ4v) is 1.76. The molecule has 0 aliphatic carbocycles. The zero-order chi connectivity index (χ0) is 12.0. The van der Waals surface area contributed by atoms with Crippen molar-refractivity contribution in [2.75, 3.05) is 26.2 Å². The Labute approximate surface area is 95.1 Å². The van der Waals surface area contributed by atoms with E-state index in [9.17, 15) is 9.59 Å². The molecule has 6 heteroatoms. The Balaban J connectivity index is 2.25. The Morgan fingerprint density at radius 3 is 2.94 bits per heavy atom. The molecule has 1 fully saturated rings. The van der Waals surface area contributed by atoms with E-state index in [2.05, 4.69) is 10.1 Å². The number of imide groups is 1. The van der Waals surface area contributed by atoms with E-state index in [0.29, 0.717) is 6.54 Å². The van der Waals surface area contributed by atoms with Gasteiger partial charge in [0.25, 0.3) is 0 Å². The van der Waals surface area contributed by atoms with Crippen LogP contribution in [0.4, 0.5) is 4.79 Å². The molecule has 1 atom stereocenters. The first kappa shape index (κ1) is 12.9. The summed E-state index contributed by atoms with van der Waals surface area (Å²) in [6.07, 6.45) is 1.30. The summed E-state index contributed by atoms with van der Waals surface area (Å²) < 4.78 is 4.61. The summed E-state index contributed by atoms with van der Waals surface area (Å²) >= 11 is 0. The third-order valence-electron chi connectivity index (χ3n) is 2.43. The number of likely N-dealkylation sites (tertiary alicyclic amines) is 1. The second-order valence-corrected chi connectivity index (χ2v) is 3.91. The maximum absolute atomic E-state index is 11.4. The second-order valence-electron chi connectivity index (χ2n) is 3.91. The summed E-state index contributed by atoms with van der Waals surface area (Å²) in [6, 6.07) is 0.129. The predicted molar refractivity (Wildman–Crippen MR) is 58.8 cm³/mol. The van der Waals surface area contributed by atoms with Crippen molar-refractivity contribution in [3.63, 3.8) is 0 Å². The molecule has 16 heavy (non-hydrogen) atoms. The van der Waals surface area contributed by atoms with Gasteiger partial charge in [-0.3, -0.25) is 15.0 Å². The Morgan fingerprint density at radius 2 is 2.31 bits per heavy atom. The minimum atomic E-state index is -0.686. The van der Waals surface area contributed by atoms with E-state index in [0.717, 1.165) is 19.4 Å². The zero-order valence-corrected chi connectivity index (χ0v) is 9.57. The third-order valence-corrected chi connectivity index (χ3v) is 2.43. The minimum absolute atomic E-state index is 0.129. The van der Waals surface area contributed by atoms with E-state index in [-0.39, 0.29) is 25.1 Å². The van der Waals surface area contributed by atoms with Gasteiger partial charge in [-0.15, -0.1) is 0 Å². The van der Waals surface area contributed by atoms with Crippen molar-refractivity contribution in [2.45, 2.75) is 25.8 Å². The quantitative estimate of drug-likeness (QED) is 0.693. The average molecular weight is 229 g/mol. The molecule has 6 nitrogen and oxygen atoms in total. The van der Waals surface area contributed by atoms with Gasteiger partial charge in [-0.1, -0.05) is 0 Å². The van der Waals surface area contributed by atoms with Gasteiger partial charge < -0.3 is 10.5 Å². The van der Waals surface area contributed by atoms with Crippen molar-refractivity contribution in [2.24, 2.45) is 5.73 Å². The molecular formula is C10H19N3O3. The minimum Gasteiger partial charge on any atom is -0.450 e. The monoisotopic (exact) mass is 229 g/mol. The molecule has 1 heterocycles. The molecule has 2 amide bonds. The number of ether oxygens (including phenoxy) is 1. The van der Waals surface area contributed by atoms with Gasteiger partial charge >= 0.3 is 6.09 Å². The number of carbonyl (C=O) groups is 2. The highest BCUT2D eigenvalue weighted by Gasteiger charge is 2.19. The normalized spacial score (nSPS) is 21.5. The molecule has 0 aromatic heterocycles. The Kier molecular flexibility index (Phi) is 5.21. The maximum atomic E-state index is 11.4. The lowest BCUT2D eigenvalue weighted by atomic mass is 10.1. The van der Waals surface area contributed by atoms with Crippen LogP contribution in [0, 0.1) is 0 Å². The summed E-state index contributed by atoms with van der Waals surface area (Å²) in [7, 11) is 0. The smallest absolute Gasteiger partial charge is 0.413 e. The third kappa shape index (κ3) is 4.59. The molecule has 0 saturated carbocycles. The molecule has 3 N–H and O–H groups in total. The van der Waals surface area contributed by atoms with Gasteiger partial charge in [-0.25, -0.2) is 4.79 Å². The summed E-state index contributed by atoms with van der Waals surface area (Å²) in [5, 5.41) is 2.16. The standard InChI is InChI=1S/C10H19N3O3/c1-2-16-10(15)12-9(14)7-13-5-3-4-8(11)6-13/h8H,2-7,11H2,1H3,(H,12,14,15). The number of carbonyl (C=O) groups excluding carboxylic acids is 2. The van der Waals surface area contributed by atoms with Crippen LogP contribution >= 0.6 is 0 Å². The van der Waals surface area contributed by atoms with Crippen molar-refractivity contribution in [3.05, 3.63) is 0 Å². The lowest BCUT2D eigenvalue weighted by Gasteiger charge is -2.29.